The van der Waals surface area contributed by atoms with Crippen LogP contribution in [0.2, 0.25) is 0 Å². The summed E-state index contributed by atoms with van der Waals surface area (Å²) in [6, 6.07) is 8.62. The predicted molar refractivity (Wildman–Crippen MR) is 144 cm³/mol. The van der Waals surface area contributed by atoms with Crippen LogP contribution in [0.1, 0.15) is 53.5 Å². The molecule has 39 heavy (non-hydrogen) atoms. The third-order valence-electron chi connectivity index (χ3n) is 7.77. The van der Waals surface area contributed by atoms with E-state index in [1.54, 1.807) is 0 Å². The van der Waals surface area contributed by atoms with Crippen LogP contribution in [0.15, 0.2) is 30.3 Å². The molecule has 4 saturated heterocycles. The van der Waals surface area contributed by atoms with Crippen LogP contribution in [0.3, 0.4) is 0 Å². The number of esters is 2. The molecule has 0 saturated carbocycles. The van der Waals surface area contributed by atoms with Crippen molar-refractivity contribution < 1.29 is 38.1 Å². The SMILES string of the molecule is C.COC(=O)[C@@H]1[C@H]2CC(C)(C)OC2CN1C(=O)OCc1ccccc1.COC(=O)[C@H]1NCC2OC(C)(C)C[C@@H]21. The first-order valence-corrected chi connectivity index (χ1v) is 13.2. The third kappa shape index (κ3) is 6.91. The zero-order valence-electron chi connectivity index (χ0n) is 23.1. The number of methoxy groups -OCH3 is 2. The smallest absolute Gasteiger partial charge is 0.410 e. The molecule has 10 nitrogen and oxygen atoms in total. The Balaban J connectivity index is 0.000000239. The summed E-state index contributed by atoms with van der Waals surface area (Å²) in [6.45, 7) is 9.41. The van der Waals surface area contributed by atoms with E-state index in [1.807, 2.05) is 44.2 Å². The number of hydrogen-bond acceptors (Lipinski definition) is 9. The number of carbonyl (C=O) groups excluding carboxylic acids is 3. The normalized spacial score (nSPS) is 31.2. The largest absolute Gasteiger partial charge is 0.468 e. The Labute approximate surface area is 231 Å². The zero-order chi connectivity index (χ0) is 27.7. The number of nitrogens with one attached hydrogen (secondary N) is 1. The fourth-order valence-electron chi connectivity index (χ4n) is 6.23. The van der Waals surface area contributed by atoms with Crippen molar-refractivity contribution in [3.05, 3.63) is 35.9 Å². The molecule has 4 aliphatic rings. The Morgan fingerprint density at radius 2 is 1.51 bits per heavy atom. The molecular weight excluding hydrogens is 504 g/mol. The van der Waals surface area contributed by atoms with Gasteiger partial charge in [-0.2, -0.15) is 0 Å². The van der Waals surface area contributed by atoms with Crippen molar-refractivity contribution in [3.63, 3.8) is 0 Å². The van der Waals surface area contributed by atoms with E-state index in [0.717, 1.165) is 18.5 Å². The second-order valence-corrected chi connectivity index (χ2v) is 11.6. The van der Waals surface area contributed by atoms with E-state index in [9.17, 15) is 14.4 Å². The summed E-state index contributed by atoms with van der Waals surface area (Å²) in [6.07, 6.45) is 1.14. The molecular formula is C29H44N2O8. The average Bonchev–Trinajstić information content (AvgIpc) is 3.58. The standard InChI is InChI=1S/C18H23NO5.C10H17NO3.CH4/c1-18(2)9-13-14(24-18)10-19(15(13)16(20)22-3)17(21)23-11-12-7-5-4-6-8-12;1-10(2)4-6-7(14-10)5-11-8(6)9(12)13-3;/h4-8,13-15H,9-11H2,1-3H3;6-8,11H,4-5H2,1-3H3;1H4/t13-,14?,15-;6-,7?,8-;/m00./s1. The minimum absolute atomic E-state index is 0. The molecule has 0 bridgehead atoms. The van der Waals surface area contributed by atoms with Crippen molar-refractivity contribution in [2.75, 3.05) is 27.3 Å². The molecule has 1 aromatic carbocycles. The average molecular weight is 549 g/mol. The highest BCUT2D eigenvalue weighted by molar-refractivity contribution is 5.83. The molecule has 2 unspecified atom stereocenters. The number of ether oxygens (including phenoxy) is 5. The topological polar surface area (TPSA) is 113 Å². The third-order valence-corrected chi connectivity index (χ3v) is 7.77. The maximum Gasteiger partial charge on any atom is 0.410 e. The van der Waals surface area contributed by atoms with E-state index < -0.39 is 18.1 Å². The molecule has 0 aliphatic carbocycles. The van der Waals surface area contributed by atoms with Gasteiger partial charge in [0.05, 0.1) is 44.2 Å². The minimum Gasteiger partial charge on any atom is -0.468 e. The van der Waals surface area contributed by atoms with Gasteiger partial charge in [0.25, 0.3) is 0 Å². The van der Waals surface area contributed by atoms with E-state index in [4.69, 9.17) is 23.7 Å². The minimum atomic E-state index is -0.648. The number of likely N-dealkylation sites (tertiary alicyclic amines) is 1. The quantitative estimate of drug-likeness (QED) is 0.447. The van der Waals surface area contributed by atoms with Crippen molar-refractivity contribution in [2.45, 2.75) is 90.1 Å². The summed E-state index contributed by atoms with van der Waals surface area (Å²) in [4.78, 5) is 37.6. The monoisotopic (exact) mass is 548 g/mol. The van der Waals surface area contributed by atoms with E-state index in [2.05, 4.69) is 19.2 Å². The summed E-state index contributed by atoms with van der Waals surface area (Å²) in [5.74, 6) is -0.367. The molecule has 5 rings (SSSR count). The van der Waals surface area contributed by atoms with Crippen LogP contribution in [0.25, 0.3) is 0 Å². The Morgan fingerprint density at radius 1 is 0.923 bits per heavy atom. The summed E-state index contributed by atoms with van der Waals surface area (Å²) >= 11 is 0. The van der Waals surface area contributed by atoms with Gasteiger partial charge in [-0.15, -0.1) is 0 Å². The van der Waals surface area contributed by atoms with Crippen molar-refractivity contribution in [1.82, 2.24) is 10.2 Å². The van der Waals surface area contributed by atoms with Crippen LogP contribution >= 0.6 is 0 Å². The Kier molecular flexibility index (Phi) is 9.67. The first-order chi connectivity index (χ1) is 17.9. The lowest BCUT2D eigenvalue weighted by molar-refractivity contribution is -0.147. The number of rotatable bonds is 4. The number of nitrogens with zero attached hydrogens (tertiary/aromatic N) is 1. The summed E-state index contributed by atoms with van der Waals surface area (Å²) < 4.78 is 26.9. The van der Waals surface area contributed by atoms with Crippen LogP contribution in [0, 0.1) is 11.8 Å². The second kappa shape index (κ2) is 12.2. The Hall–Kier alpha value is -2.69. The lowest BCUT2D eigenvalue weighted by Gasteiger charge is -2.27. The highest BCUT2D eigenvalue weighted by atomic mass is 16.6. The number of benzene rings is 1. The van der Waals surface area contributed by atoms with Gasteiger partial charge < -0.3 is 29.0 Å². The van der Waals surface area contributed by atoms with E-state index >= 15 is 0 Å². The van der Waals surface area contributed by atoms with Crippen molar-refractivity contribution in [2.24, 2.45) is 11.8 Å². The molecule has 1 aromatic rings. The van der Waals surface area contributed by atoms with Crippen LogP contribution in [0.5, 0.6) is 0 Å². The summed E-state index contributed by atoms with van der Waals surface area (Å²) in [5.41, 5.74) is 0.517. The van der Waals surface area contributed by atoms with E-state index in [0.29, 0.717) is 13.0 Å². The maximum atomic E-state index is 12.5. The maximum absolute atomic E-state index is 12.5. The van der Waals surface area contributed by atoms with Gasteiger partial charge in [-0.3, -0.25) is 9.69 Å². The highest BCUT2D eigenvalue weighted by Gasteiger charge is 2.56. The molecule has 4 fully saturated rings. The van der Waals surface area contributed by atoms with Crippen molar-refractivity contribution in [1.29, 1.82) is 0 Å². The van der Waals surface area contributed by atoms with Crippen LogP contribution < -0.4 is 5.32 Å². The second-order valence-electron chi connectivity index (χ2n) is 11.6. The van der Waals surface area contributed by atoms with Gasteiger partial charge in [0.15, 0.2) is 0 Å². The molecule has 10 heteroatoms. The van der Waals surface area contributed by atoms with Gasteiger partial charge in [0.1, 0.15) is 18.7 Å². The number of fused-ring (bicyclic) bond motifs is 2. The first-order valence-electron chi connectivity index (χ1n) is 13.2. The molecule has 4 aliphatic heterocycles. The molecule has 218 valence electrons. The van der Waals surface area contributed by atoms with Crippen LogP contribution in [0.4, 0.5) is 4.79 Å². The molecule has 4 heterocycles. The summed E-state index contributed by atoms with van der Waals surface area (Å²) in [7, 11) is 2.77. The molecule has 0 radical (unpaired) electrons. The zero-order valence-corrected chi connectivity index (χ0v) is 23.1. The lowest BCUT2D eigenvalue weighted by atomic mass is 9.90. The molecule has 0 aromatic heterocycles. The highest BCUT2D eigenvalue weighted by Crippen LogP contribution is 2.43. The van der Waals surface area contributed by atoms with Gasteiger partial charge in [0, 0.05) is 18.4 Å². The van der Waals surface area contributed by atoms with E-state index in [-0.39, 0.29) is 61.3 Å². The fourth-order valence-corrected chi connectivity index (χ4v) is 6.23. The molecule has 0 spiro atoms. The van der Waals surface area contributed by atoms with Gasteiger partial charge >= 0.3 is 18.0 Å². The van der Waals surface area contributed by atoms with Crippen molar-refractivity contribution >= 4 is 18.0 Å². The number of amides is 1. The van der Waals surface area contributed by atoms with Crippen molar-refractivity contribution in [3.8, 4) is 0 Å². The fraction of sp³-hybridized carbons (Fsp3) is 0.690. The molecule has 6 atom stereocenters. The van der Waals surface area contributed by atoms with Crippen LogP contribution in [-0.4, -0.2) is 85.7 Å². The summed E-state index contributed by atoms with van der Waals surface area (Å²) in [5, 5.41) is 3.15. The molecule has 1 amide bonds. The Bertz CT molecular complexity index is 1010. The number of hydrogen-bond donors (Lipinski definition) is 1. The van der Waals surface area contributed by atoms with Gasteiger partial charge in [-0.1, -0.05) is 37.8 Å². The lowest BCUT2D eigenvalue weighted by Crippen LogP contribution is -2.45. The molecule has 1 N–H and O–H groups in total. The number of carbonyl (C=O) groups is 3. The Morgan fingerprint density at radius 3 is 2.13 bits per heavy atom. The first kappa shape index (κ1) is 30.8. The van der Waals surface area contributed by atoms with Gasteiger partial charge in [-0.05, 0) is 46.1 Å². The van der Waals surface area contributed by atoms with Crippen LogP contribution in [-0.2, 0) is 39.9 Å². The van der Waals surface area contributed by atoms with E-state index in [1.165, 1.54) is 19.1 Å². The van der Waals surface area contributed by atoms with Gasteiger partial charge in [0.2, 0.25) is 0 Å². The van der Waals surface area contributed by atoms with Gasteiger partial charge in [-0.25, -0.2) is 9.59 Å². The predicted octanol–water partition coefficient (Wildman–Crippen LogP) is 3.32.